The third-order valence-electron chi connectivity index (χ3n) is 4.08. The third kappa shape index (κ3) is 3.35. The van der Waals surface area contributed by atoms with Crippen molar-refractivity contribution in [3.05, 3.63) is 51.9 Å². The minimum atomic E-state index is -0.421. The summed E-state index contributed by atoms with van der Waals surface area (Å²) in [5, 5.41) is 13.4. The molecule has 1 aromatic carbocycles. The maximum absolute atomic E-state index is 12.4. The van der Waals surface area contributed by atoms with E-state index in [2.05, 4.69) is 17.1 Å². The van der Waals surface area contributed by atoms with Gasteiger partial charge < -0.3 is 0 Å². The largest absolute Gasteiger partial charge is 0.291 e. The predicted molar refractivity (Wildman–Crippen MR) is 94.1 cm³/mol. The predicted octanol–water partition coefficient (Wildman–Crippen LogP) is 4.04. The normalized spacial score (nSPS) is 16.3. The van der Waals surface area contributed by atoms with E-state index in [9.17, 15) is 14.9 Å². The van der Waals surface area contributed by atoms with Crippen molar-refractivity contribution >= 4 is 28.1 Å². The molecule has 2 aromatic rings. The lowest BCUT2D eigenvalue weighted by Gasteiger charge is -2.15. The van der Waals surface area contributed by atoms with Crippen LogP contribution in [0.15, 0.2) is 41.8 Å². The molecule has 1 heterocycles. The van der Waals surface area contributed by atoms with Crippen LogP contribution in [0.2, 0.25) is 0 Å². The van der Waals surface area contributed by atoms with E-state index in [0.29, 0.717) is 28.7 Å². The van der Waals surface area contributed by atoms with Gasteiger partial charge in [0.05, 0.1) is 16.2 Å². The number of hydrogen-bond acceptors (Lipinski definition) is 5. The molecule has 0 unspecified atom stereocenters. The molecule has 6 nitrogen and oxygen atoms in total. The molecular formula is C17H17N3O3S. The number of nitro benzene ring substituents is 1. The number of thiazole rings is 1. The molecule has 1 aliphatic carbocycles. The van der Waals surface area contributed by atoms with Gasteiger partial charge in [0.15, 0.2) is 5.13 Å². The van der Waals surface area contributed by atoms with E-state index >= 15 is 0 Å². The number of rotatable bonds is 5. The van der Waals surface area contributed by atoms with E-state index in [1.807, 2.05) is 0 Å². The first-order valence-corrected chi connectivity index (χ1v) is 8.56. The first-order valence-electron chi connectivity index (χ1n) is 7.69. The van der Waals surface area contributed by atoms with Crippen LogP contribution in [-0.4, -0.2) is 22.9 Å². The van der Waals surface area contributed by atoms with E-state index in [1.54, 1.807) is 30.6 Å². The Kier molecular flexibility index (Phi) is 4.71. The summed E-state index contributed by atoms with van der Waals surface area (Å²) in [5.74, 6) is 0.310. The van der Waals surface area contributed by atoms with Crippen LogP contribution in [0.1, 0.15) is 19.3 Å². The van der Waals surface area contributed by atoms with Crippen LogP contribution in [0.5, 0.6) is 0 Å². The standard InChI is InChI=1S/C17H17N3O3S/c1-19(16(21)10-12-6-2-3-7-12)17-18-14(11-24-17)13-8-4-5-9-15(13)20(22)23/h2,4-6,8-9,11-12H,3,7,10H2,1H3/t12-/m0/s1. The van der Waals surface area contributed by atoms with Gasteiger partial charge in [-0.25, -0.2) is 4.98 Å². The minimum Gasteiger partial charge on any atom is -0.291 e. The fourth-order valence-electron chi connectivity index (χ4n) is 2.72. The molecule has 0 saturated heterocycles. The fourth-order valence-corrected chi connectivity index (χ4v) is 3.53. The Labute approximate surface area is 143 Å². The van der Waals surface area contributed by atoms with Gasteiger partial charge in [0.2, 0.25) is 5.91 Å². The summed E-state index contributed by atoms with van der Waals surface area (Å²) >= 11 is 1.31. The summed E-state index contributed by atoms with van der Waals surface area (Å²) in [5.41, 5.74) is 0.992. The van der Waals surface area contributed by atoms with Gasteiger partial charge >= 0.3 is 0 Å². The van der Waals surface area contributed by atoms with Crippen molar-refractivity contribution in [2.24, 2.45) is 5.92 Å². The molecule has 0 N–H and O–H groups in total. The number of benzene rings is 1. The lowest BCUT2D eigenvalue weighted by Crippen LogP contribution is -2.27. The Balaban J connectivity index is 1.79. The number of aromatic nitrogens is 1. The number of allylic oxidation sites excluding steroid dienone is 2. The van der Waals surface area contributed by atoms with Crippen molar-refractivity contribution in [2.75, 3.05) is 11.9 Å². The van der Waals surface area contributed by atoms with Gasteiger partial charge in [-0.1, -0.05) is 24.3 Å². The van der Waals surface area contributed by atoms with E-state index in [4.69, 9.17) is 0 Å². The summed E-state index contributed by atoms with van der Waals surface area (Å²) in [6.45, 7) is 0. The second-order valence-electron chi connectivity index (χ2n) is 5.71. The quantitative estimate of drug-likeness (QED) is 0.466. The number of para-hydroxylation sites is 1. The molecule has 0 aliphatic heterocycles. The van der Waals surface area contributed by atoms with Crippen LogP contribution in [0.25, 0.3) is 11.3 Å². The van der Waals surface area contributed by atoms with E-state index in [-0.39, 0.29) is 11.6 Å². The van der Waals surface area contributed by atoms with Crippen LogP contribution in [0, 0.1) is 16.0 Å². The topological polar surface area (TPSA) is 76.3 Å². The molecule has 1 atom stereocenters. The van der Waals surface area contributed by atoms with Crippen molar-refractivity contribution in [1.82, 2.24) is 4.98 Å². The fraction of sp³-hybridized carbons (Fsp3) is 0.294. The molecule has 1 amide bonds. The highest BCUT2D eigenvalue weighted by atomic mass is 32.1. The molecule has 0 fully saturated rings. The molecule has 3 rings (SSSR count). The first-order chi connectivity index (χ1) is 11.6. The Morgan fingerprint density at radius 3 is 2.96 bits per heavy atom. The van der Waals surface area contributed by atoms with Crippen LogP contribution in [0.3, 0.4) is 0 Å². The first kappa shape index (κ1) is 16.3. The Bertz CT molecular complexity index is 800. The average Bonchev–Trinajstić information content (AvgIpc) is 3.25. The molecule has 7 heteroatoms. The zero-order valence-corrected chi connectivity index (χ0v) is 14.0. The smallest absolute Gasteiger partial charge is 0.278 e. The molecule has 0 bridgehead atoms. The second-order valence-corrected chi connectivity index (χ2v) is 6.55. The molecule has 124 valence electrons. The number of carbonyl (C=O) groups is 1. The third-order valence-corrected chi connectivity index (χ3v) is 5.00. The molecule has 0 saturated carbocycles. The monoisotopic (exact) mass is 343 g/mol. The summed E-state index contributed by atoms with van der Waals surface area (Å²) in [4.78, 5) is 29.1. The maximum Gasteiger partial charge on any atom is 0.278 e. The average molecular weight is 343 g/mol. The van der Waals surface area contributed by atoms with Crippen LogP contribution < -0.4 is 4.90 Å². The van der Waals surface area contributed by atoms with Crippen LogP contribution in [-0.2, 0) is 4.79 Å². The molecule has 24 heavy (non-hydrogen) atoms. The van der Waals surface area contributed by atoms with Gasteiger partial charge in [-0.3, -0.25) is 19.8 Å². The molecular weight excluding hydrogens is 326 g/mol. The number of nitro groups is 1. The second kappa shape index (κ2) is 6.92. The van der Waals surface area contributed by atoms with Crippen molar-refractivity contribution in [3.8, 4) is 11.3 Å². The van der Waals surface area contributed by atoms with Gasteiger partial charge in [0.1, 0.15) is 0 Å². The highest BCUT2D eigenvalue weighted by molar-refractivity contribution is 7.14. The number of carbonyl (C=O) groups excluding carboxylic acids is 1. The number of anilines is 1. The molecule has 1 aromatic heterocycles. The van der Waals surface area contributed by atoms with Crippen LogP contribution >= 0.6 is 11.3 Å². The van der Waals surface area contributed by atoms with Gasteiger partial charge in [0.25, 0.3) is 5.69 Å². The SMILES string of the molecule is CN(C(=O)C[C@H]1C=CCC1)c1nc(-c2ccccc2[N+](=O)[O-])cs1. The van der Waals surface area contributed by atoms with Gasteiger partial charge in [-0.15, -0.1) is 11.3 Å². The molecule has 1 aliphatic rings. The van der Waals surface area contributed by atoms with Crippen molar-refractivity contribution in [1.29, 1.82) is 0 Å². The zero-order valence-electron chi connectivity index (χ0n) is 13.2. The van der Waals surface area contributed by atoms with Crippen molar-refractivity contribution in [2.45, 2.75) is 19.3 Å². The summed E-state index contributed by atoms with van der Waals surface area (Å²) in [6.07, 6.45) is 6.70. The summed E-state index contributed by atoms with van der Waals surface area (Å²) in [6, 6.07) is 6.49. The van der Waals surface area contributed by atoms with Crippen molar-refractivity contribution < 1.29 is 9.72 Å². The Hall–Kier alpha value is -2.54. The van der Waals surface area contributed by atoms with E-state index < -0.39 is 4.92 Å². The van der Waals surface area contributed by atoms with Crippen LogP contribution in [0.4, 0.5) is 10.8 Å². The number of hydrogen-bond donors (Lipinski definition) is 0. The molecule has 0 spiro atoms. The van der Waals surface area contributed by atoms with E-state index in [1.165, 1.54) is 22.3 Å². The lowest BCUT2D eigenvalue weighted by molar-refractivity contribution is -0.384. The zero-order chi connectivity index (χ0) is 17.1. The summed E-state index contributed by atoms with van der Waals surface area (Å²) < 4.78 is 0. The van der Waals surface area contributed by atoms with Crippen molar-refractivity contribution in [3.63, 3.8) is 0 Å². The summed E-state index contributed by atoms with van der Waals surface area (Å²) in [7, 11) is 1.70. The maximum atomic E-state index is 12.4. The molecule has 0 radical (unpaired) electrons. The lowest BCUT2D eigenvalue weighted by atomic mass is 10.0. The highest BCUT2D eigenvalue weighted by Crippen LogP contribution is 2.33. The van der Waals surface area contributed by atoms with E-state index in [0.717, 1.165) is 12.8 Å². The van der Waals surface area contributed by atoms with Gasteiger partial charge in [-0.05, 0) is 24.8 Å². The Morgan fingerprint density at radius 2 is 2.25 bits per heavy atom. The van der Waals surface area contributed by atoms with Gasteiger partial charge in [-0.2, -0.15) is 0 Å². The minimum absolute atomic E-state index is 0.00927. The number of amides is 1. The highest BCUT2D eigenvalue weighted by Gasteiger charge is 2.22. The van der Waals surface area contributed by atoms with Gasteiger partial charge in [0, 0.05) is 24.9 Å². The number of nitrogens with zero attached hydrogens (tertiary/aromatic N) is 3. The Morgan fingerprint density at radius 1 is 1.46 bits per heavy atom.